The Hall–Kier alpha value is -3.78. The molecule has 1 heterocycles. The number of halogens is 1. The highest BCUT2D eigenvalue weighted by atomic mass is 35.7. The fourth-order valence-electron chi connectivity index (χ4n) is 8.09. The predicted octanol–water partition coefficient (Wildman–Crippen LogP) is 13.3. The van der Waals surface area contributed by atoms with Crippen molar-refractivity contribution in [3.8, 4) is 44.9 Å². The van der Waals surface area contributed by atoms with E-state index in [2.05, 4.69) is 114 Å². The molecule has 0 saturated carbocycles. The quantitative estimate of drug-likeness (QED) is 0.152. The summed E-state index contributed by atoms with van der Waals surface area (Å²) in [4.78, 5) is 0. The van der Waals surface area contributed by atoms with Crippen molar-refractivity contribution < 1.29 is 13.6 Å². The minimum atomic E-state index is -4.18. The second-order valence-electron chi connectivity index (χ2n) is 13.3. The monoisotopic (exact) mass is 688 g/mol. The normalized spacial score (nSPS) is 16.4. The van der Waals surface area contributed by atoms with E-state index in [0.29, 0.717) is 11.5 Å². The Kier molecular flexibility index (Phi) is 9.29. The van der Waals surface area contributed by atoms with Crippen LogP contribution in [-0.4, -0.2) is 0 Å². The number of hydrogen-bond donors (Lipinski definition) is 0. The van der Waals surface area contributed by atoms with E-state index in [-0.39, 0.29) is 0 Å². The third-order valence-electron chi connectivity index (χ3n) is 10.5. The zero-order valence-electron chi connectivity index (χ0n) is 29.6. The zero-order chi connectivity index (χ0) is 34.4. The second-order valence-corrected chi connectivity index (χ2v) is 15.8. The number of hydrogen-bond acceptors (Lipinski definition) is 3. The van der Waals surface area contributed by atoms with E-state index < -0.39 is 6.95 Å². The van der Waals surface area contributed by atoms with Gasteiger partial charge in [-0.3, -0.25) is 0 Å². The summed E-state index contributed by atoms with van der Waals surface area (Å²) in [7, 11) is 0. The minimum Gasteiger partial charge on any atom is -0.403 e. The van der Waals surface area contributed by atoms with Crippen LogP contribution in [0, 0.1) is 0 Å². The molecule has 0 N–H and O–H groups in total. The molecule has 0 amide bonds. The predicted molar refractivity (Wildman–Crippen MR) is 209 cm³/mol. The van der Waals surface area contributed by atoms with Crippen molar-refractivity contribution in [1.82, 2.24) is 0 Å². The molecule has 5 aromatic carbocycles. The highest BCUT2D eigenvalue weighted by Gasteiger charge is 2.39. The summed E-state index contributed by atoms with van der Waals surface area (Å²) in [5.41, 5.74) is 16.0. The van der Waals surface area contributed by atoms with Gasteiger partial charge in [0.05, 0.1) is 0 Å². The fraction of sp³-hybridized carbons (Fsp3) is 0.318. The molecule has 7 rings (SSSR count). The Balaban J connectivity index is 1.69. The van der Waals surface area contributed by atoms with Crippen LogP contribution in [0.15, 0.2) is 66.7 Å². The number of rotatable bonds is 8. The van der Waals surface area contributed by atoms with Gasteiger partial charge in [0, 0.05) is 33.5 Å². The first-order valence-electron chi connectivity index (χ1n) is 18.2. The van der Waals surface area contributed by atoms with E-state index in [0.717, 1.165) is 101 Å². The third kappa shape index (κ3) is 5.84. The Labute approximate surface area is 296 Å². The average molecular weight is 689 g/mol. The lowest BCUT2D eigenvalue weighted by molar-refractivity contribution is 0.413. The van der Waals surface area contributed by atoms with Gasteiger partial charge in [0.1, 0.15) is 11.5 Å². The van der Waals surface area contributed by atoms with Crippen molar-refractivity contribution in [1.29, 1.82) is 0 Å². The smallest absolute Gasteiger partial charge is 0.403 e. The molecular weight excluding hydrogens is 643 g/mol. The molecule has 0 bridgehead atoms. The van der Waals surface area contributed by atoms with Crippen LogP contribution in [0.4, 0.5) is 0 Å². The first-order chi connectivity index (χ1) is 23.7. The standard InChI is InChI=1S/C44H46ClO3P/c1-7-27-21-29(9-3)39(30(10-4)22-27)37-25-33-17-13-15-19-35(33)41-42-36-20-16-14-18-34(36)26-38(44(42)48-49(45,46)47-43(37)41)40-31(11-5)23-28(8-2)24-32(40)12-6/h13,15-17,19-26H,7-12,14,18H2,1-6H3. The molecule has 252 valence electrons. The average Bonchev–Trinajstić information content (AvgIpc) is 3.26. The van der Waals surface area contributed by atoms with E-state index in [4.69, 9.17) is 20.3 Å². The van der Waals surface area contributed by atoms with Gasteiger partial charge >= 0.3 is 6.95 Å². The van der Waals surface area contributed by atoms with Crippen LogP contribution in [0.25, 0.3) is 50.2 Å². The first-order valence-corrected chi connectivity index (χ1v) is 20.6. The molecule has 3 nitrogen and oxygen atoms in total. The lowest BCUT2D eigenvalue weighted by Crippen LogP contribution is -2.05. The number of fused-ring (bicyclic) bond motifs is 7. The van der Waals surface area contributed by atoms with Crippen molar-refractivity contribution in [2.24, 2.45) is 0 Å². The van der Waals surface area contributed by atoms with Gasteiger partial charge in [-0.1, -0.05) is 102 Å². The Bertz CT molecular complexity index is 2140. The lowest BCUT2D eigenvalue weighted by Gasteiger charge is -2.25. The van der Waals surface area contributed by atoms with Crippen molar-refractivity contribution >= 4 is 35.0 Å². The van der Waals surface area contributed by atoms with E-state index in [1.165, 1.54) is 38.9 Å². The van der Waals surface area contributed by atoms with E-state index >= 15 is 0 Å². The molecule has 1 atom stereocenters. The van der Waals surface area contributed by atoms with Crippen molar-refractivity contribution in [3.63, 3.8) is 0 Å². The van der Waals surface area contributed by atoms with E-state index in [1.54, 1.807) is 0 Å². The molecule has 0 radical (unpaired) electrons. The molecule has 1 unspecified atom stereocenters. The van der Waals surface area contributed by atoms with Crippen LogP contribution in [-0.2, 0) is 49.5 Å². The molecule has 5 heteroatoms. The van der Waals surface area contributed by atoms with E-state index in [9.17, 15) is 4.57 Å². The van der Waals surface area contributed by atoms with E-state index in [1.807, 2.05) is 0 Å². The Morgan fingerprint density at radius 1 is 0.633 bits per heavy atom. The summed E-state index contributed by atoms with van der Waals surface area (Å²) >= 11 is 6.97. The van der Waals surface area contributed by atoms with Crippen LogP contribution in [0.2, 0.25) is 0 Å². The highest BCUT2D eigenvalue weighted by Crippen LogP contribution is 2.65. The van der Waals surface area contributed by atoms with Gasteiger partial charge in [-0.15, -0.1) is 0 Å². The summed E-state index contributed by atoms with van der Waals surface area (Å²) in [6, 6.07) is 22.2. The summed E-state index contributed by atoms with van der Waals surface area (Å²) in [6.45, 7) is 9.06. The summed E-state index contributed by atoms with van der Waals surface area (Å²) < 4.78 is 27.7. The Morgan fingerprint density at radius 2 is 1.14 bits per heavy atom. The maximum Gasteiger partial charge on any atom is 0.530 e. The lowest BCUT2D eigenvalue weighted by atomic mass is 9.80. The molecular formula is C44H46ClO3P. The third-order valence-corrected chi connectivity index (χ3v) is 11.7. The van der Waals surface area contributed by atoms with Crippen LogP contribution in [0.3, 0.4) is 0 Å². The van der Waals surface area contributed by atoms with Gasteiger partial charge in [0.25, 0.3) is 0 Å². The van der Waals surface area contributed by atoms with Gasteiger partial charge in [-0.25, -0.2) is 4.57 Å². The van der Waals surface area contributed by atoms with Gasteiger partial charge in [-0.2, -0.15) is 0 Å². The topological polar surface area (TPSA) is 35.5 Å². The Morgan fingerprint density at radius 3 is 1.67 bits per heavy atom. The van der Waals surface area contributed by atoms with Crippen LogP contribution in [0.1, 0.15) is 92.5 Å². The van der Waals surface area contributed by atoms with Crippen molar-refractivity contribution in [2.45, 2.75) is 92.9 Å². The maximum absolute atomic E-state index is 14.6. The molecule has 0 aromatic heterocycles. The molecule has 1 aliphatic heterocycles. The zero-order valence-corrected chi connectivity index (χ0v) is 31.3. The number of aryl methyl sites for hydroxylation is 7. The molecule has 0 saturated heterocycles. The largest absolute Gasteiger partial charge is 0.530 e. The number of benzene rings is 5. The van der Waals surface area contributed by atoms with Crippen LogP contribution in [0.5, 0.6) is 11.5 Å². The fourth-order valence-corrected chi connectivity index (χ4v) is 9.36. The molecule has 49 heavy (non-hydrogen) atoms. The van der Waals surface area contributed by atoms with Crippen LogP contribution < -0.4 is 9.05 Å². The summed E-state index contributed by atoms with van der Waals surface area (Å²) in [6.07, 6.45) is 11.7. The van der Waals surface area contributed by atoms with Crippen molar-refractivity contribution in [2.75, 3.05) is 0 Å². The SMILES string of the molecule is CCc1cc(CC)c(-c2cc3c(c4c2OP(=O)(Cl)Oc2c(-c5c(CC)cc(CC)cc5CC)cc5ccccc5c2-4)C=CCC3)c(CC)c1. The van der Waals surface area contributed by atoms with Gasteiger partial charge in [0.15, 0.2) is 0 Å². The van der Waals surface area contributed by atoms with Gasteiger partial charge in [-0.05, 0) is 130 Å². The highest BCUT2D eigenvalue weighted by molar-refractivity contribution is 7.82. The second kappa shape index (κ2) is 13.5. The number of allylic oxidation sites excluding steroid dienone is 1. The molecule has 0 fully saturated rings. The maximum atomic E-state index is 14.6. The van der Waals surface area contributed by atoms with Gasteiger partial charge in [0.2, 0.25) is 0 Å². The summed E-state index contributed by atoms with van der Waals surface area (Å²) in [5.74, 6) is 1.08. The van der Waals surface area contributed by atoms with Gasteiger partial charge < -0.3 is 9.05 Å². The van der Waals surface area contributed by atoms with Crippen LogP contribution >= 0.6 is 18.2 Å². The molecule has 2 aliphatic rings. The molecule has 5 aromatic rings. The summed E-state index contributed by atoms with van der Waals surface area (Å²) in [5, 5.41) is 2.12. The first kappa shape index (κ1) is 33.7. The van der Waals surface area contributed by atoms with Crippen molar-refractivity contribution in [3.05, 3.63) is 111 Å². The molecule has 0 spiro atoms. The molecule has 1 aliphatic carbocycles. The minimum absolute atomic E-state index is 0.538.